The number of carbonyl (C=O) groups is 1. The third-order valence-electron chi connectivity index (χ3n) is 2.87. The topological polar surface area (TPSA) is 29.1 Å². The number of rotatable bonds is 3. The lowest BCUT2D eigenvalue weighted by molar-refractivity contribution is 0.0938. The van der Waals surface area contributed by atoms with Crippen LogP contribution < -0.4 is 5.32 Å². The van der Waals surface area contributed by atoms with E-state index in [1.807, 2.05) is 36.0 Å². The first-order chi connectivity index (χ1) is 8.29. The maximum atomic E-state index is 12.0. The van der Waals surface area contributed by atoms with Gasteiger partial charge in [-0.25, -0.2) is 0 Å². The molecule has 0 aliphatic carbocycles. The van der Waals surface area contributed by atoms with E-state index in [1.54, 1.807) is 0 Å². The Morgan fingerprint density at radius 1 is 1.41 bits per heavy atom. The summed E-state index contributed by atoms with van der Waals surface area (Å²) >= 11 is 7.63. The van der Waals surface area contributed by atoms with Crippen molar-refractivity contribution < 1.29 is 4.79 Å². The van der Waals surface area contributed by atoms with Crippen molar-refractivity contribution in [2.75, 3.05) is 11.5 Å². The fourth-order valence-corrected chi connectivity index (χ4v) is 3.12. The summed E-state index contributed by atoms with van der Waals surface area (Å²) in [6.45, 7) is 0. The molecule has 0 aromatic heterocycles. The van der Waals surface area contributed by atoms with Gasteiger partial charge in [-0.05, 0) is 36.3 Å². The van der Waals surface area contributed by atoms with Crippen LogP contribution in [0.5, 0.6) is 0 Å². The molecule has 1 aliphatic rings. The van der Waals surface area contributed by atoms with Crippen LogP contribution in [0.25, 0.3) is 0 Å². The molecule has 1 saturated heterocycles. The zero-order chi connectivity index (χ0) is 12.1. The van der Waals surface area contributed by atoms with Crippen molar-refractivity contribution in [3.05, 3.63) is 35.4 Å². The van der Waals surface area contributed by atoms with Crippen LogP contribution in [0.3, 0.4) is 0 Å². The molecule has 1 heterocycles. The van der Waals surface area contributed by atoms with Gasteiger partial charge in [-0.1, -0.05) is 12.1 Å². The van der Waals surface area contributed by atoms with E-state index in [-0.39, 0.29) is 5.91 Å². The average Bonchev–Trinajstić information content (AvgIpc) is 2.40. The lowest BCUT2D eigenvalue weighted by Crippen LogP contribution is -2.38. The summed E-state index contributed by atoms with van der Waals surface area (Å²) in [6, 6.07) is 7.80. The number of benzene rings is 1. The summed E-state index contributed by atoms with van der Waals surface area (Å²) in [7, 11) is 0. The molecule has 4 heteroatoms. The highest BCUT2D eigenvalue weighted by molar-refractivity contribution is 7.99. The first-order valence-corrected chi connectivity index (χ1v) is 7.52. The smallest absolute Gasteiger partial charge is 0.251 e. The standard InChI is InChI=1S/C13H16ClNOS/c14-8-10-3-5-11(6-4-10)13(16)15-12-2-1-7-17-9-12/h3-6,12H,1-2,7-9H2,(H,15,16). The van der Waals surface area contributed by atoms with Crippen LogP contribution in [0.4, 0.5) is 0 Å². The van der Waals surface area contributed by atoms with Crippen LogP contribution in [-0.4, -0.2) is 23.5 Å². The Bertz CT molecular complexity index is 374. The molecule has 0 spiro atoms. The highest BCUT2D eigenvalue weighted by atomic mass is 35.5. The number of hydrogen-bond donors (Lipinski definition) is 1. The van der Waals surface area contributed by atoms with Gasteiger partial charge < -0.3 is 5.32 Å². The lowest BCUT2D eigenvalue weighted by atomic mass is 10.1. The van der Waals surface area contributed by atoms with Crippen LogP contribution in [-0.2, 0) is 5.88 Å². The van der Waals surface area contributed by atoms with E-state index in [9.17, 15) is 4.79 Å². The molecule has 1 N–H and O–H groups in total. The zero-order valence-corrected chi connectivity index (χ0v) is 11.2. The molecule has 2 rings (SSSR count). The summed E-state index contributed by atoms with van der Waals surface area (Å²) < 4.78 is 0. The monoisotopic (exact) mass is 269 g/mol. The van der Waals surface area contributed by atoms with Gasteiger partial charge in [-0.15, -0.1) is 11.6 Å². The van der Waals surface area contributed by atoms with E-state index in [0.29, 0.717) is 11.9 Å². The Morgan fingerprint density at radius 3 is 2.76 bits per heavy atom. The van der Waals surface area contributed by atoms with Gasteiger partial charge in [0.2, 0.25) is 0 Å². The van der Waals surface area contributed by atoms with Crippen molar-refractivity contribution in [1.29, 1.82) is 0 Å². The molecule has 1 aromatic carbocycles. The fraction of sp³-hybridized carbons (Fsp3) is 0.462. The summed E-state index contributed by atoms with van der Waals surface area (Å²) in [5, 5.41) is 3.08. The predicted molar refractivity (Wildman–Crippen MR) is 73.8 cm³/mol. The Morgan fingerprint density at radius 2 is 2.18 bits per heavy atom. The summed E-state index contributed by atoms with van der Waals surface area (Å²) in [5.74, 6) is 2.77. The maximum Gasteiger partial charge on any atom is 0.251 e. The third kappa shape index (κ3) is 3.65. The molecule has 1 aromatic rings. The predicted octanol–water partition coefficient (Wildman–Crippen LogP) is 3.05. The van der Waals surface area contributed by atoms with Crippen LogP contribution in [0, 0.1) is 0 Å². The van der Waals surface area contributed by atoms with Gasteiger partial charge in [0, 0.05) is 23.2 Å². The molecule has 92 valence electrons. The molecule has 1 unspecified atom stereocenters. The van der Waals surface area contributed by atoms with Crippen molar-refractivity contribution in [3.8, 4) is 0 Å². The first-order valence-electron chi connectivity index (χ1n) is 5.83. The van der Waals surface area contributed by atoms with Crippen LogP contribution in [0.2, 0.25) is 0 Å². The van der Waals surface area contributed by atoms with Crippen molar-refractivity contribution in [2.24, 2.45) is 0 Å². The van der Waals surface area contributed by atoms with Crippen molar-refractivity contribution in [2.45, 2.75) is 24.8 Å². The van der Waals surface area contributed by atoms with Gasteiger partial charge in [0.15, 0.2) is 0 Å². The Labute approximate surface area is 111 Å². The molecule has 1 atom stereocenters. The van der Waals surface area contributed by atoms with Crippen LogP contribution >= 0.6 is 23.4 Å². The number of alkyl halides is 1. The quantitative estimate of drug-likeness (QED) is 0.855. The SMILES string of the molecule is O=C(NC1CCCSC1)c1ccc(CCl)cc1. The molecule has 1 amide bonds. The summed E-state index contributed by atoms with van der Waals surface area (Å²) in [6.07, 6.45) is 2.29. The molecule has 17 heavy (non-hydrogen) atoms. The second-order valence-electron chi connectivity index (χ2n) is 4.22. The number of carbonyl (C=O) groups excluding carboxylic acids is 1. The van der Waals surface area contributed by atoms with Gasteiger partial charge >= 0.3 is 0 Å². The highest BCUT2D eigenvalue weighted by Gasteiger charge is 2.16. The molecule has 0 radical (unpaired) electrons. The van der Waals surface area contributed by atoms with E-state index >= 15 is 0 Å². The molecule has 0 bridgehead atoms. The Hall–Kier alpha value is -0.670. The van der Waals surface area contributed by atoms with Gasteiger partial charge in [-0.2, -0.15) is 11.8 Å². The zero-order valence-electron chi connectivity index (χ0n) is 9.62. The number of halogens is 1. The minimum absolute atomic E-state index is 0.0265. The number of hydrogen-bond acceptors (Lipinski definition) is 2. The van der Waals surface area contributed by atoms with Crippen molar-refractivity contribution in [1.82, 2.24) is 5.32 Å². The fourth-order valence-electron chi connectivity index (χ4n) is 1.87. The highest BCUT2D eigenvalue weighted by Crippen LogP contribution is 2.17. The van der Waals surface area contributed by atoms with Crippen LogP contribution in [0.15, 0.2) is 24.3 Å². The number of thioether (sulfide) groups is 1. The average molecular weight is 270 g/mol. The first kappa shape index (κ1) is 12.8. The third-order valence-corrected chi connectivity index (χ3v) is 4.39. The molecular weight excluding hydrogens is 254 g/mol. The summed E-state index contributed by atoms with van der Waals surface area (Å²) in [4.78, 5) is 12.0. The maximum absolute atomic E-state index is 12.0. The van der Waals surface area contributed by atoms with E-state index in [2.05, 4.69) is 5.32 Å². The Balaban J connectivity index is 1.93. The minimum Gasteiger partial charge on any atom is -0.348 e. The Kier molecular flexibility index (Phi) is 4.75. The van der Waals surface area contributed by atoms with E-state index in [1.165, 1.54) is 12.2 Å². The van der Waals surface area contributed by atoms with Crippen molar-refractivity contribution in [3.63, 3.8) is 0 Å². The largest absolute Gasteiger partial charge is 0.348 e. The molecule has 1 fully saturated rings. The van der Waals surface area contributed by atoms with Crippen molar-refractivity contribution >= 4 is 29.3 Å². The van der Waals surface area contributed by atoms with Gasteiger partial charge in [-0.3, -0.25) is 4.79 Å². The van der Waals surface area contributed by atoms with Gasteiger partial charge in [0.05, 0.1) is 0 Å². The molecule has 0 saturated carbocycles. The second-order valence-corrected chi connectivity index (χ2v) is 5.64. The second kappa shape index (κ2) is 6.31. The molecular formula is C13H16ClNOS. The molecule has 2 nitrogen and oxygen atoms in total. The normalized spacial score (nSPS) is 19.9. The van der Waals surface area contributed by atoms with E-state index < -0.39 is 0 Å². The van der Waals surface area contributed by atoms with E-state index in [0.717, 1.165) is 23.3 Å². The summed E-state index contributed by atoms with van der Waals surface area (Å²) in [5.41, 5.74) is 1.76. The van der Waals surface area contributed by atoms with Gasteiger partial charge in [0.25, 0.3) is 5.91 Å². The number of nitrogens with one attached hydrogen (secondary N) is 1. The van der Waals surface area contributed by atoms with Crippen LogP contribution in [0.1, 0.15) is 28.8 Å². The number of amides is 1. The lowest BCUT2D eigenvalue weighted by Gasteiger charge is -2.22. The minimum atomic E-state index is 0.0265. The molecule has 1 aliphatic heterocycles. The van der Waals surface area contributed by atoms with Gasteiger partial charge in [0.1, 0.15) is 0 Å². The van der Waals surface area contributed by atoms with E-state index in [4.69, 9.17) is 11.6 Å².